The van der Waals surface area contributed by atoms with Gasteiger partial charge in [0.25, 0.3) is 0 Å². The zero-order valence-electron chi connectivity index (χ0n) is 41.5. The number of anilines is 4. The van der Waals surface area contributed by atoms with E-state index >= 15 is 9.59 Å². The van der Waals surface area contributed by atoms with Crippen LogP contribution in [-0.2, 0) is 0 Å². The molecule has 2 N–H and O–H groups in total. The molecule has 2 aliphatic carbocycles. The molecule has 0 aliphatic heterocycles. The van der Waals surface area contributed by atoms with Crippen LogP contribution in [0.15, 0.2) is 154 Å². The summed E-state index contributed by atoms with van der Waals surface area (Å²) >= 11 is 5.84. The van der Waals surface area contributed by atoms with Crippen LogP contribution in [0.1, 0.15) is 103 Å². The van der Waals surface area contributed by atoms with Crippen molar-refractivity contribution in [2.75, 3.05) is 46.9 Å². The van der Waals surface area contributed by atoms with Crippen LogP contribution in [-0.4, -0.2) is 89.3 Å². The number of hydrogen-bond donors (Lipinski definition) is 2. The Bertz CT molecular complexity index is 3250. The van der Waals surface area contributed by atoms with Crippen LogP contribution in [0.4, 0.5) is 23.3 Å². The quantitative estimate of drug-likeness (QED) is 0.0454. The first kappa shape index (κ1) is 52.1. The molecule has 6 aromatic carbocycles. The van der Waals surface area contributed by atoms with E-state index in [9.17, 15) is 9.59 Å². The molecule has 0 unspecified atom stereocenters. The van der Waals surface area contributed by atoms with Crippen LogP contribution >= 0.6 is 47.0 Å². The number of benzene rings is 6. The maximum Gasteiger partial charge on any atom is 0.232 e. The summed E-state index contributed by atoms with van der Waals surface area (Å²) < 4.78 is 11.9. The average Bonchev–Trinajstić information content (AvgIpc) is 3.49. The maximum atomic E-state index is 15.1. The van der Waals surface area contributed by atoms with Gasteiger partial charge in [0.2, 0.25) is 11.9 Å². The van der Waals surface area contributed by atoms with E-state index in [2.05, 4.69) is 24.5 Å². The number of aromatic nitrogens is 6. The summed E-state index contributed by atoms with van der Waals surface area (Å²) in [6.07, 6.45) is 3.91. The highest BCUT2D eigenvalue weighted by Crippen LogP contribution is 2.44. The van der Waals surface area contributed by atoms with Crippen molar-refractivity contribution >= 4 is 93.5 Å². The number of nitrogens with one attached hydrogen (secondary N) is 2. The Balaban J connectivity index is 1.04. The van der Waals surface area contributed by atoms with E-state index in [1.165, 1.54) is 47.0 Å². The number of fused-ring (bicyclic) bond motifs is 4. The number of ether oxygens (including phenoxy) is 2. The van der Waals surface area contributed by atoms with E-state index in [0.717, 1.165) is 48.7 Å². The second-order valence-electron chi connectivity index (χ2n) is 17.4. The van der Waals surface area contributed by atoms with E-state index in [4.69, 9.17) is 39.4 Å². The van der Waals surface area contributed by atoms with Gasteiger partial charge in [0, 0.05) is 56.4 Å². The molecular formula is C58H50N8O6S4. The lowest BCUT2D eigenvalue weighted by Crippen LogP contribution is -2.25. The zero-order valence-corrected chi connectivity index (χ0v) is 44.8. The van der Waals surface area contributed by atoms with Gasteiger partial charge in [0.05, 0.1) is 35.7 Å². The van der Waals surface area contributed by atoms with Crippen molar-refractivity contribution in [3.63, 3.8) is 0 Å². The van der Waals surface area contributed by atoms with Crippen LogP contribution in [0.2, 0.25) is 0 Å². The summed E-state index contributed by atoms with van der Waals surface area (Å²) in [5, 5.41) is 8.54. The van der Waals surface area contributed by atoms with Crippen LogP contribution in [0, 0.1) is 0 Å². The van der Waals surface area contributed by atoms with Crippen molar-refractivity contribution in [3.05, 3.63) is 178 Å². The van der Waals surface area contributed by atoms with Crippen molar-refractivity contribution in [1.29, 1.82) is 0 Å². The Morgan fingerprint density at radius 3 is 1.05 bits per heavy atom. The van der Waals surface area contributed by atoms with Gasteiger partial charge in [-0.2, -0.15) is 29.9 Å². The van der Waals surface area contributed by atoms with E-state index in [-0.39, 0.29) is 67.8 Å². The largest absolute Gasteiger partial charge is 0.493 e. The number of ketones is 4. The molecule has 0 spiro atoms. The lowest BCUT2D eigenvalue weighted by molar-refractivity contribution is 0.0978. The molecule has 0 bridgehead atoms. The molecule has 0 saturated heterocycles. The predicted octanol–water partition coefficient (Wildman–Crippen LogP) is 12.9. The van der Waals surface area contributed by atoms with Crippen LogP contribution < -0.4 is 20.1 Å². The molecule has 8 aromatic rings. The lowest BCUT2D eigenvalue weighted by atomic mass is 9.75. The molecule has 10 rings (SSSR count). The number of unbranched alkanes of at least 4 members (excludes halogenated alkanes) is 2. The number of para-hydroxylation sites is 2. The summed E-state index contributed by atoms with van der Waals surface area (Å²) in [6.45, 7) is 5.06. The van der Waals surface area contributed by atoms with Crippen molar-refractivity contribution in [3.8, 4) is 22.6 Å². The highest BCUT2D eigenvalue weighted by molar-refractivity contribution is 8.00. The zero-order chi connectivity index (χ0) is 52.4. The summed E-state index contributed by atoms with van der Waals surface area (Å²) in [6, 6.07) is 39.3. The molecule has 382 valence electrons. The van der Waals surface area contributed by atoms with E-state index in [1.807, 2.05) is 60.7 Å². The number of rotatable bonds is 23. The van der Waals surface area contributed by atoms with Crippen LogP contribution in [0.5, 0.6) is 11.5 Å². The fourth-order valence-electron chi connectivity index (χ4n) is 8.62. The van der Waals surface area contributed by atoms with Gasteiger partial charge in [-0.15, -0.1) is 0 Å². The Morgan fingerprint density at radius 1 is 0.368 bits per heavy atom. The Kier molecular flexibility index (Phi) is 16.8. The molecule has 76 heavy (non-hydrogen) atoms. The van der Waals surface area contributed by atoms with Gasteiger partial charge < -0.3 is 20.1 Å². The first-order valence-corrected chi connectivity index (χ1v) is 28.9. The molecule has 0 atom stereocenters. The van der Waals surface area contributed by atoms with Crippen molar-refractivity contribution in [2.45, 2.75) is 60.2 Å². The predicted molar refractivity (Wildman–Crippen MR) is 301 cm³/mol. The van der Waals surface area contributed by atoms with Crippen molar-refractivity contribution in [1.82, 2.24) is 29.9 Å². The van der Waals surface area contributed by atoms with E-state index in [0.29, 0.717) is 56.5 Å². The van der Waals surface area contributed by atoms with Gasteiger partial charge >= 0.3 is 0 Å². The smallest absolute Gasteiger partial charge is 0.232 e. The second-order valence-corrected chi connectivity index (χ2v) is 21.6. The van der Waals surface area contributed by atoms with Crippen LogP contribution in [0.3, 0.4) is 0 Å². The van der Waals surface area contributed by atoms with Gasteiger partial charge in [-0.25, -0.2) is 0 Å². The van der Waals surface area contributed by atoms with Crippen molar-refractivity contribution in [2.24, 2.45) is 0 Å². The molecule has 2 heterocycles. The van der Waals surface area contributed by atoms with Crippen molar-refractivity contribution < 1.29 is 28.7 Å². The van der Waals surface area contributed by atoms with Gasteiger partial charge in [-0.3, -0.25) is 19.2 Å². The van der Waals surface area contributed by atoms with Gasteiger partial charge in [0.1, 0.15) is 11.5 Å². The molecule has 0 amide bonds. The normalized spacial score (nSPS) is 12.4. The Labute approximate surface area is 456 Å². The number of nitrogens with zero attached hydrogens (tertiary/aromatic N) is 6. The van der Waals surface area contributed by atoms with Crippen LogP contribution in [0.25, 0.3) is 11.1 Å². The third-order valence-electron chi connectivity index (χ3n) is 12.2. The molecule has 2 aromatic heterocycles. The third-order valence-corrected chi connectivity index (χ3v) is 15.7. The van der Waals surface area contributed by atoms with E-state index in [1.54, 1.807) is 72.8 Å². The monoisotopic (exact) mass is 1080 g/mol. The highest BCUT2D eigenvalue weighted by atomic mass is 32.2. The fourth-order valence-corrected chi connectivity index (χ4v) is 11.9. The maximum absolute atomic E-state index is 15.1. The second kappa shape index (κ2) is 24.5. The molecule has 0 fully saturated rings. The minimum atomic E-state index is -0.423. The molecule has 18 heteroatoms. The molecule has 0 radical (unpaired) electrons. The summed E-state index contributed by atoms with van der Waals surface area (Å²) in [5.74, 6) is 2.92. The molecule has 2 aliphatic rings. The lowest BCUT2D eigenvalue weighted by Gasteiger charge is -2.26. The summed E-state index contributed by atoms with van der Waals surface area (Å²) in [4.78, 5) is 88.6. The number of carbonyl (C=O) groups is 4. The summed E-state index contributed by atoms with van der Waals surface area (Å²) in [5.41, 5.74) is 2.35. The fraction of sp³-hybridized carbons (Fsp3) is 0.207. The number of thioether (sulfide) groups is 4. The van der Waals surface area contributed by atoms with E-state index < -0.39 is 23.1 Å². The highest BCUT2D eigenvalue weighted by Gasteiger charge is 2.39. The Hall–Kier alpha value is -7.38. The number of carbonyl (C=O) groups excluding carboxylic acids is 4. The molecule has 14 nitrogen and oxygen atoms in total. The standard InChI is InChI=1S/C58H50N8O6S4/c1-3-5-31-73-55-61-53(63-57(65-55)75-33-29-71-35-17-9-7-10-18-35)59-43-27-25-37(45-47(43)51(69)41-23-15-13-21-39(41)49(45)67)38-26-28-44(48-46(38)50(68)40-22-14-16-24-42(40)52(48)70)60-54-62-56(74-32-6-4-2)66-58(64-54)76-34-30-72-36-19-11-8-12-20-36/h7-28H,3-6,29-34H2,1-2H3,(H,59,61,63,65)(H,60,62,64,66). The SMILES string of the molecule is CCCCSc1nc(Nc2ccc(-c3ccc(Nc4nc(SCCCC)nc(SCCOc5ccccc5)n4)c4c3C(=O)c3ccccc3C4=O)c3c2C(=O)c2ccccc2C3=O)nc(SCCOc2ccccc2)n1. The first-order chi connectivity index (χ1) is 37.3. The first-order valence-electron chi connectivity index (χ1n) is 24.9. The Morgan fingerprint density at radius 2 is 0.697 bits per heavy atom. The third kappa shape index (κ3) is 11.7. The van der Waals surface area contributed by atoms with Gasteiger partial charge in [0.15, 0.2) is 43.8 Å². The van der Waals surface area contributed by atoms with Gasteiger partial charge in [-0.05, 0) is 60.4 Å². The van der Waals surface area contributed by atoms with Gasteiger partial charge in [-0.1, -0.05) is 171 Å². The summed E-state index contributed by atoms with van der Waals surface area (Å²) in [7, 11) is 0. The minimum Gasteiger partial charge on any atom is -0.493 e. The number of hydrogen-bond acceptors (Lipinski definition) is 18. The average molecular weight is 1080 g/mol. The topological polar surface area (TPSA) is 188 Å². The minimum absolute atomic E-state index is 0.0686. The molecule has 0 saturated carbocycles. The molecular weight excluding hydrogens is 1030 g/mol.